The van der Waals surface area contributed by atoms with Crippen molar-refractivity contribution in [3.05, 3.63) is 84.3 Å². The molecule has 0 saturated carbocycles. The van der Waals surface area contributed by atoms with Crippen LogP contribution < -0.4 is 5.32 Å². The topological polar surface area (TPSA) is 128 Å². The molecule has 9 nitrogen and oxygen atoms in total. The van der Waals surface area contributed by atoms with Gasteiger partial charge in [-0.2, -0.15) is 0 Å². The molecule has 0 saturated heterocycles. The van der Waals surface area contributed by atoms with Crippen molar-refractivity contribution in [1.29, 1.82) is 0 Å². The van der Waals surface area contributed by atoms with Crippen molar-refractivity contribution in [2.45, 2.75) is 11.1 Å². The molecule has 0 spiro atoms. The fourth-order valence-corrected chi connectivity index (χ4v) is 4.27. The Morgan fingerprint density at radius 1 is 1.18 bits per heavy atom. The number of nitrogens with one attached hydrogen (secondary N) is 1. The molecular weight excluding hydrogens is 460 g/mol. The number of carbonyl (C=O) groups is 2. The van der Waals surface area contributed by atoms with Gasteiger partial charge in [-0.1, -0.05) is 12.1 Å². The van der Waals surface area contributed by atoms with Crippen LogP contribution in [-0.2, 0) is 24.3 Å². The summed E-state index contributed by atoms with van der Waals surface area (Å²) in [5, 5.41) is 11.1. The Bertz CT molecular complexity index is 1320. The number of nitrogens with zero attached hydrogens (tertiary/aromatic N) is 2. The van der Waals surface area contributed by atoms with Crippen molar-refractivity contribution in [2.24, 2.45) is 0 Å². The number of hydrogen-bond acceptors (Lipinski definition) is 7. The van der Waals surface area contributed by atoms with E-state index in [0.29, 0.717) is 16.1 Å². The number of hydrogen-bond donors (Lipinski definition) is 2. The second kappa shape index (κ2) is 9.71. The highest BCUT2D eigenvalue weighted by molar-refractivity contribution is 7.90. The van der Waals surface area contributed by atoms with Gasteiger partial charge in [0.2, 0.25) is 0 Å². The third-order valence-corrected chi connectivity index (χ3v) is 6.04. The maximum absolute atomic E-state index is 15.6. The summed E-state index contributed by atoms with van der Waals surface area (Å²) in [7, 11) is -3.14. The first-order valence-corrected chi connectivity index (χ1v) is 10.7. The summed E-state index contributed by atoms with van der Waals surface area (Å²) in [4.78, 5) is 26.0. The lowest BCUT2D eigenvalue weighted by Crippen LogP contribution is -2.23. The number of aliphatic carboxylic acids is 1. The van der Waals surface area contributed by atoms with Crippen molar-refractivity contribution >= 4 is 22.0 Å². The van der Waals surface area contributed by atoms with Gasteiger partial charge in [0.1, 0.15) is 16.4 Å². The van der Waals surface area contributed by atoms with Crippen molar-refractivity contribution in [1.82, 2.24) is 14.3 Å². The largest absolute Gasteiger partial charge is 0.478 e. The monoisotopic (exact) mass is 477 g/mol. The molecule has 0 aliphatic carbocycles. The minimum Gasteiger partial charge on any atom is -0.478 e. The number of carboxylic acids is 1. The lowest BCUT2D eigenvalue weighted by Gasteiger charge is -2.15. The summed E-state index contributed by atoms with van der Waals surface area (Å²) in [6.45, 7) is 0. The first-order valence-electron chi connectivity index (χ1n) is 9.27. The fourth-order valence-electron chi connectivity index (χ4n) is 2.93. The minimum atomic E-state index is -4.44. The van der Waals surface area contributed by atoms with Crippen LogP contribution in [0.2, 0.25) is 0 Å². The molecule has 172 valence electrons. The number of benzene rings is 1. The lowest BCUT2D eigenvalue weighted by molar-refractivity contribution is -0.145. The highest BCUT2D eigenvalue weighted by atomic mass is 32.2. The molecular formula is C21H17F2N3O6S. The van der Waals surface area contributed by atoms with Crippen molar-refractivity contribution in [2.75, 3.05) is 7.05 Å². The van der Waals surface area contributed by atoms with E-state index in [0.717, 1.165) is 18.5 Å². The first-order chi connectivity index (χ1) is 15.7. The van der Waals surface area contributed by atoms with Gasteiger partial charge in [0.25, 0.3) is 10.0 Å². The predicted molar refractivity (Wildman–Crippen MR) is 111 cm³/mol. The smallest absolute Gasteiger partial charge is 0.332 e. The number of carbonyl (C=O) groups excluding carboxylic acids is 1. The quantitative estimate of drug-likeness (QED) is 0.288. The Hall–Kier alpha value is -3.90. The molecule has 0 bridgehead atoms. The number of rotatable bonds is 8. The SMILES string of the molecule is CNC(OC(=O)/C=C/C(=O)O)c1cn(S(=O)(=O)c2cccnc2)c(-c2ccccc2F)c1F. The molecule has 1 atom stereocenters. The number of pyridine rings is 1. The van der Waals surface area contributed by atoms with Crippen LogP contribution in [-0.4, -0.2) is 41.5 Å². The van der Waals surface area contributed by atoms with Crippen molar-refractivity contribution in [3.63, 3.8) is 0 Å². The van der Waals surface area contributed by atoms with Gasteiger partial charge in [0, 0.05) is 36.3 Å². The second-order valence-electron chi connectivity index (χ2n) is 6.49. The molecule has 0 aliphatic heterocycles. The van der Waals surface area contributed by atoms with Crippen molar-refractivity contribution < 1.29 is 36.6 Å². The van der Waals surface area contributed by atoms with E-state index in [1.807, 2.05) is 0 Å². The maximum atomic E-state index is 15.6. The predicted octanol–water partition coefficient (Wildman–Crippen LogP) is 2.47. The minimum absolute atomic E-state index is 0.286. The number of esters is 1. The van der Waals surface area contributed by atoms with Crippen LogP contribution >= 0.6 is 0 Å². The Labute approximate surface area is 187 Å². The Kier molecular flexibility index (Phi) is 6.99. The molecule has 0 fully saturated rings. The summed E-state index contributed by atoms with van der Waals surface area (Å²) < 4.78 is 62.2. The van der Waals surface area contributed by atoms with E-state index in [1.54, 1.807) is 0 Å². The van der Waals surface area contributed by atoms with Gasteiger partial charge in [0.15, 0.2) is 12.0 Å². The average molecular weight is 477 g/mol. The van der Waals surface area contributed by atoms with Crippen LogP contribution in [0.1, 0.15) is 11.8 Å². The van der Waals surface area contributed by atoms with E-state index in [9.17, 15) is 22.4 Å². The zero-order chi connectivity index (χ0) is 24.2. The van der Waals surface area contributed by atoms with E-state index < -0.39 is 51.1 Å². The van der Waals surface area contributed by atoms with E-state index in [2.05, 4.69) is 10.3 Å². The molecule has 12 heteroatoms. The Balaban J connectivity index is 2.20. The molecule has 3 aromatic rings. The molecule has 33 heavy (non-hydrogen) atoms. The lowest BCUT2D eigenvalue weighted by atomic mass is 10.1. The van der Waals surface area contributed by atoms with Crippen molar-refractivity contribution in [3.8, 4) is 11.3 Å². The molecule has 1 aromatic carbocycles. The van der Waals surface area contributed by atoms with E-state index in [4.69, 9.17) is 9.84 Å². The molecule has 2 aromatic heterocycles. The summed E-state index contributed by atoms with van der Waals surface area (Å²) in [6.07, 6.45) is 2.85. The molecule has 1 unspecified atom stereocenters. The third kappa shape index (κ3) is 4.96. The van der Waals surface area contributed by atoms with Crippen LogP contribution in [0.25, 0.3) is 11.3 Å². The van der Waals surface area contributed by atoms with Gasteiger partial charge in [-0.15, -0.1) is 0 Å². The number of aromatic nitrogens is 2. The summed E-state index contributed by atoms with van der Waals surface area (Å²) in [6, 6.07) is 7.59. The van der Waals surface area contributed by atoms with Crippen LogP contribution in [0, 0.1) is 11.6 Å². The van der Waals surface area contributed by atoms with Crippen LogP contribution in [0.4, 0.5) is 8.78 Å². The molecule has 3 rings (SSSR count). The van der Waals surface area contributed by atoms with E-state index >= 15 is 4.39 Å². The molecule has 2 heterocycles. The molecule has 0 radical (unpaired) electrons. The average Bonchev–Trinajstić information content (AvgIpc) is 3.14. The Morgan fingerprint density at radius 3 is 2.52 bits per heavy atom. The molecule has 0 amide bonds. The first kappa shape index (κ1) is 23.8. The maximum Gasteiger partial charge on any atom is 0.332 e. The van der Waals surface area contributed by atoms with Gasteiger partial charge < -0.3 is 9.84 Å². The third-order valence-electron chi connectivity index (χ3n) is 4.40. The summed E-state index contributed by atoms with van der Waals surface area (Å²) in [5.74, 6) is -4.59. The van der Waals surface area contributed by atoms with Gasteiger partial charge in [0.05, 0.1) is 5.56 Å². The molecule has 0 aliphatic rings. The van der Waals surface area contributed by atoms with Crippen LogP contribution in [0.15, 0.2) is 72.0 Å². The standard InChI is InChI=1S/C21H17F2N3O6S/c1-24-21(32-18(29)9-8-17(27)28)15-12-26(33(30,31)13-5-4-10-25-11-13)20(19(15)23)14-6-2-3-7-16(14)22/h2-12,21,24H,1H3,(H,27,28)/b9-8+. The van der Waals surface area contributed by atoms with Crippen LogP contribution in [0.5, 0.6) is 0 Å². The second-order valence-corrected chi connectivity index (χ2v) is 8.31. The van der Waals surface area contributed by atoms with Gasteiger partial charge in [-0.05, 0) is 31.3 Å². The Morgan fingerprint density at radius 2 is 1.91 bits per heavy atom. The number of halogens is 2. The highest BCUT2D eigenvalue weighted by Gasteiger charge is 2.31. The van der Waals surface area contributed by atoms with E-state index in [-0.39, 0.29) is 10.5 Å². The van der Waals surface area contributed by atoms with Crippen LogP contribution in [0.3, 0.4) is 0 Å². The normalized spacial score (nSPS) is 12.6. The summed E-state index contributed by atoms with van der Waals surface area (Å²) in [5.41, 5.74) is -1.40. The highest BCUT2D eigenvalue weighted by Crippen LogP contribution is 2.34. The van der Waals surface area contributed by atoms with E-state index in [1.165, 1.54) is 43.6 Å². The zero-order valence-electron chi connectivity index (χ0n) is 17.0. The molecule has 2 N–H and O–H groups in total. The fraction of sp³-hybridized carbons (Fsp3) is 0.0952. The van der Waals surface area contributed by atoms with Gasteiger partial charge in [-0.25, -0.2) is 30.8 Å². The van der Waals surface area contributed by atoms with Gasteiger partial charge in [-0.3, -0.25) is 10.3 Å². The zero-order valence-corrected chi connectivity index (χ0v) is 17.8. The number of ether oxygens (including phenoxy) is 1. The van der Waals surface area contributed by atoms with Gasteiger partial charge >= 0.3 is 11.9 Å². The summed E-state index contributed by atoms with van der Waals surface area (Å²) >= 11 is 0. The number of carboxylic acid groups (broad SMARTS) is 1.